The van der Waals surface area contributed by atoms with Gasteiger partial charge in [0.25, 0.3) is 10.0 Å². The normalized spacial score (nSPS) is 12.6. The van der Waals surface area contributed by atoms with Crippen LogP contribution >= 0.6 is 24.0 Å². The van der Waals surface area contributed by atoms with Crippen molar-refractivity contribution in [2.24, 2.45) is 0 Å². The number of carboxylic acid groups (broad SMARTS) is 1. The van der Waals surface area contributed by atoms with Crippen molar-refractivity contribution in [3.63, 3.8) is 0 Å². The number of aromatic carboxylic acids is 1. The lowest BCUT2D eigenvalue weighted by molar-refractivity contribution is 0.0696. The van der Waals surface area contributed by atoms with Gasteiger partial charge in [0, 0.05) is 24.7 Å². The predicted octanol–water partition coefficient (Wildman–Crippen LogP) is 4.82. The number of anilines is 1. The summed E-state index contributed by atoms with van der Waals surface area (Å²) in [6, 6.07) is 8.81. The molecule has 0 unspecified atom stereocenters. The molecule has 3 N–H and O–H groups in total. The molecule has 3 aromatic rings. The van der Waals surface area contributed by atoms with Gasteiger partial charge in [-0.1, -0.05) is 29.8 Å². The molecule has 180 valence electrons. The number of ether oxygens (including phenoxy) is 1. The fraction of sp³-hybridized carbons (Fsp3) is 0.136. The Labute approximate surface area is 205 Å². The van der Waals surface area contributed by atoms with Gasteiger partial charge >= 0.3 is 5.97 Å². The minimum absolute atomic E-state index is 0. The van der Waals surface area contributed by atoms with E-state index in [4.69, 9.17) is 16.3 Å². The summed E-state index contributed by atoms with van der Waals surface area (Å²) in [6.07, 6.45) is 0. The predicted molar refractivity (Wildman–Crippen MR) is 125 cm³/mol. The van der Waals surface area contributed by atoms with Crippen molar-refractivity contribution in [2.45, 2.75) is 18.0 Å². The van der Waals surface area contributed by atoms with E-state index in [9.17, 15) is 27.1 Å². The molecule has 1 aliphatic heterocycles. The molecule has 0 aromatic heterocycles. The highest BCUT2D eigenvalue weighted by molar-refractivity contribution is 7.92. The van der Waals surface area contributed by atoms with E-state index in [1.165, 1.54) is 0 Å². The van der Waals surface area contributed by atoms with Gasteiger partial charge in [0.15, 0.2) is 5.75 Å². The Morgan fingerprint density at radius 1 is 1.12 bits per heavy atom. The third-order valence-corrected chi connectivity index (χ3v) is 6.88. The van der Waals surface area contributed by atoms with Gasteiger partial charge in [0.2, 0.25) is 0 Å². The number of halogens is 4. The van der Waals surface area contributed by atoms with E-state index in [1.54, 1.807) is 12.1 Å². The maximum atomic E-state index is 14.7. The smallest absolute Gasteiger partial charge is 0.335 e. The fourth-order valence-electron chi connectivity index (χ4n) is 3.71. The van der Waals surface area contributed by atoms with Gasteiger partial charge in [-0.15, -0.1) is 12.4 Å². The third-order valence-electron chi connectivity index (χ3n) is 5.23. The van der Waals surface area contributed by atoms with E-state index in [0.717, 1.165) is 36.4 Å². The fourth-order valence-corrected chi connectivity index (χ4v) is 5.33. The SMILES string of the molecule is COc1c(Cl)cc(C(=O)O)cc1S(=O)(=O)Nc1cc(-c2cccc3c2CNC3)c(F)cc1F.Cl. The van der Waals surface area contributed by atoms with Crippen molar-refractivity contribution in [1.82, 2.24) is 5.32 Å². The molecule has 0 saturated heterocycles. The van der Waals surface area contributed by atoms with Gasteiger partial charge in [-0.3, -0.25) is 4.72 Å². The molecule has 12 heteroatoms. The number of carboxylic acids is 1. The van der Waals surface area contributed by atoms with Gasteiger partial charge in [-0.2, -0.15) is 0 Å². The number of hydrogen-bond donors (Lipinski definition) is 3. The summed E-state index contributed by atoms with van der Waals surface area (Å²) in [5, 5.41) is 12.1. The third kappa shape index (κ3) is 4.67. The number of benzene rings is 3. The zero-order chi connectivity index (χ0) is 23.9. The van der Waals surface area contributed by atoms with Crippen molar-refractivity contribution in [3.05, 3.63) is 75.8 Å². The molecule has 34 heavy (non-hydrogen) atoms. The lowest BCUT2D eigenvalue weighted by Crippen LogP contribution is -2.16. The van der Waals surface area contributed by atoms with Gasteiger partial charge in [-0.05, 0) is 34.9 Å². The zero-order valence-electron chi connectivity index (χ0n) is 17.5. The molecule has 0 fully saturated rings. The first-order valence-corrected chi connectivity index (χ1v) is 11.4. The molecule has 7 nitrogen and oxygen atoms in total. The summed E-state index contributed by atoms with van der Waals surface area (Å²) in [7, 11) is -3.42. The van der Waals surface area contributed by atoms with Crippen LogP contribution in [0.15, 0.2) is 47.4 Å². The van der Waals surface area contributed by atoms with Crippen molar-refractivity contribution in [1.29, 1.82) is 0 Å². The quantitative estimate of drug-likeness (QED) is 0.422. The molecule has 3 aromatic carbocycles. The second-order valence-corrected chi connectivity index (χ2v) is 9.32. The van der Waals surface area contributed by atoms with Gasteiger partial charge in [-0.25, -0.2) is 22.0 Å². The largest absolute Gasteiger partial charge is 0.494 e. The lowest BCUT2D eigenvalue weighted by atomic mass is 9.96. The van der Waals surface area contributed by atoms with Crippen molar-refractivity contribution in [2.75, 3.05) is 11.8 Å². The van der Waals surface area contributed by atoms with E-state index in [1.807, 2.05) is 6.07 Å². The van der Waals surface area contributed by atoms with Crippen LogP contribution in [0.1, 0.15) is 21.5 Å². The monoisotopic (exact) mass is 530 g/mol. The van der Waals surface area contributed by atoms with E-state index in [2.05, 4.69) is 10.0 Å². The Hall–Kier alpha value is -2.92. The number of hydrogen-bond acceptors (Lipinski definition) is 5. The summed E-state index contributed by atoms with van der Waals surface area (Å²) >= 11 is 5.99. The molecule has 0 aliphatic carbocycles. The maximum absolute atomic E-state index is 14.7. The van der Waals surface area contributed by atoms with Crippen molar-refractivity contribution in [3.8, 4) is 16.9 Å². The van der Waals surface area contributed by atoms with Crippen LogP contribution in [0.5, 0.6) is 5.75 Å². The standard InChI is InChI=1S/C22H17ClF2N2O5S.ClH/c1-32-21-16(23)5-12(22(28)29)6-20(21)33(30,31)27-19-7-14(17(24)8-18(19)25)13-4-2-3-11-9-26-10-15(11)13;/h2-8,26-27H,9-10H2,1H3,(H,28,29);1H. The van der Waals surface area contributed by atoms with Gasteiger partial charge < -0.3 is 15.2 Å². The van der Waals surface area contributed by atoms with Crippen LogP contribution in [0.2, 0.25) is 5.02 Å². The highest BCUT2D eigenvalue weighted by Crippen LogP contribution is 2.37. The summed E-state index contributed by atoms with van der Waals surface area (Å²) in [6.45, 7) is 1.09. The van der Waals surface area contributed by atoms with Crippen LogP contribution in [0.25, 0.3) is 11.1 Å². The van der Waals surface area contributed by atoms with E-state index in [0.29, 0.717) is 24.7 Å². The highest BCUT2D eigenvalue weighted by Gasteiger charge is 2.27. The van der Waals surface area contributed by atoms with Crippen LogP contribution in [0.4, 0.5) is 14.5 Å². The average Bonchev–Trinajstić information content (AvgIpc) is 3.24. The molecule has 0 bridgehead atoms. The molecule has 1 heterocycles. The molecule has 0 atom stereocenters. The van der Waals surface area contributed by atoms with E-state index >= 15 is 0 Å². The lowest BCUT2D eigenvalue weighted by Gasteiger charge is -2.16. The minimum atomic E-state index is -4.58. The minimum Gasteiger partial charge on any atom is -0.494 e. The number of nitrogens with one attached hydrogen (secondary N) is 2. The molecule has 0 saturated carbocycles. The number of rotatable bonds is 6. The number of methoxy groups -OCH3 is 1. The first kappa shape index (κ1) is 25.7. The van der Waals surface area contributed by atoms with Crippen molar-refractivity contribution >= 4 is 45.7 Å². The summed E-state index contributed by atoms with van der Waals surface area (Å²) in [4.78, 5) is 10.7. The van der Waals surface area contributed by atoms with Crippen LogP contribution in [-0.4, -0.2) is 26.6 Å². The number of sulfonamides is 1. The molecule has 0 radical (unpaired) electrons. The van der Waals surface area contributed by atoms with Gasteiger partial charge in [0.05, 0.1) is 23.4 Å². The summed E-state index contributed by atoms with van der Waals surface area (Å²) < 4.78 is 62.5. The zero-order valence-corrected chi connectivity index (χ0v) is 19.9. The van der Waals surface area contributed by atoms with E-state index in [-0.39, 0.29) is 28.7 Å². The van der Waals surface area contributed by atoms with Crippen LogP contribution in [0.3, 0.4) is 0 Å². The summed E-state index contributed by atoms with van der Waals surface area (Å²) in [5.41, 5.74) is 1.38. The summed E-state index contributed by atoms with van der Waals surface area (Å²) in [5.74, 6) is -3.74. The molecule has 0 spiro atoms. The maximum Gasteiger partial charge on any atom is 0.335 e. The first-order valence-electron chi connectivity index (χ1n) is 9.57. The molecule has 4 rings (SSSR count). The van der Waals surface area contributed by atoms with Crippen LogP contribution < -0.4 is 14.8 Å². The second-order valence-electron chi connectivity index (χ2n) is 7.26. The highest BCUT2D eigenvalue weighted by atomic mass is 35.5. The Kier molecular flexibility index (Phi) is 7.37. The average molecular weight is 531 g/mol. The molecular weight excluding hydrogens is 513 g/mol. The number of fused-ring (bicyclic) bond motifs is 1. The van der Waals surface area contributed by atoms with Gasteiger partial charge in [0.1, 0.15) is 16.5 Å². The topological polar surface area (TPSA) is 105 Å². The Balaban J connectivity index is 0.00000324. The first-order chi connectivity index (χ1) is 15.6. The Morgan fingerprint density at radius 2 is 1.85 bits per heavy atom. The van der Waals surface area contributed by atoms with Crippen molar-refractivity contribution < 1.29 is 31.8 Å². The Bertz CT molecular complexity index is 1400. The van der Waals surface area contributed by atoms with Crippen LogP contribution in [-0.2, 0) is 23.1 Å². The van der Waals surface area contributed by atoms with E-state index < -0.39 is 43.8 Å². The number of carbonyl (C=O) groups is 1. The molecular formula is C22H18Cl2F2N2O5S. The molecule has 1 aliphatic rings. The van der Waals surface area contributed by atoms with Crippen LogP contribution in [0, 0.1) is 11.6 Å². The molecule has 0 amide bonds. The Morgan fingerprint density at radius 3 is 2.53 bits per heavy atom. The second kappa shape index (κ2) is 9.75.